The summed E-state index contributed by atoms with van der Waals surface area (Å²) in [5.41, 5.74) is 0. The highest BCUT2D eigenvalue weighted by Crippen LogP contribution is 2.33. The third kappa shape index (κ3) is 13.3. The summed E-state index contributed by atoms with van der Waals surface area (Å²) < 4.78 is 21.6. The molecule has 2 fully saturated rings. The molecule has 4 amide bonds. The molecule has 0 aromatic rings. The van der Waals surface area contributed by atoms with Crippen LogP contribution in [0.3, 0.4) is 0 Å². The van der Waals surface area contributed by atoms with Gasteiger partial charge in [0.2, 0.25) is 11.8 Å². The molecule has 0 spiro atoms. The number of carbonyl (C=O) groups is 3. The van der Waals surface area contributed by atoms with Crippen molar-refractivity contribution in [1.29, 1.82) is 0 Å². The quantitative estimate of drug-likeness (QED) is 0.127. The molecule has 35 heavy (non-hydrogen) atoms. The molecule has 0 saturated carbocycles. The van der Waals surface area contributed by atoms with E-state index in [1.807, 2.05) is 18.7 Å². The van der Waals surface area contributed by atoms with Crippen LogP contribution < -0.4 is 21.3 Å². The van der Waals surface area contributed by atoms with E-state index in [4.69, 9.17) is 18.9 Å². The lowest BCUT2D eigenvalue weighted by Gasteiger charge is -2.16. The summed E-state index contributed by atoms with van der Waals surface area (Å²) in [7, 11) is 0. The number of rotatable bonds is 21. The van der Waals surface area contributed by atoms with Gasteiger partial charge in [-0.15, -0.1) is 0 Å². The average molecular weight is 519 g/mol. The molecule has 3 atom stereocenters. The maximum atomic E-state index is 11.9. The molecule has 11 nitrogen and oxygen atoms in total. The Balaban J connectivity index is 1.27. The molecule has 2 aliphatic heterocycles. The van der Waals surface area contributed by atoms with Gasteiger partial charge in [0.25, 0.3) is 0 Å². The molecule has 0 radical (unpaired) electrons. The van der Waals surface area contributed by atoms with Gasteiger partial charge >= 0.3 is 6.03 Å². The van der Waals surface area contributed by atoms with E-state index in [2.05, 4.69) is 21.3 Å². The summed E-state index contributed by atoms with van der Waals surface area (Å²) in [6, 6.07) is 0.422. The smallest absolute Gasteiger partial charge is 0.315 e. The molecular formula is C23H42N4O7S. The van der Waals surface area contributed by atoms with Crippen LogP contribution in [0, 0.1) is 0 Å². The molecule has 2 aliphatic rings. The molecule has 0 aromatic carbocycles. The Morgan fingerprint density at radius 1 is 0.857 bits per heavy atom. The second kappa shape index (κ2) is 18.6. The monoisotopic (exact) mass is 518 g/mol. The summed E-state index contributed by atoms with van der Waals surface area (Å²) in [6.45, 7) is 6.64. The lowest BCUT2D eigenvalue weighted by atomic mass is 10.0. The number of amides is 4. The molecule has 3 unspecified atom stereocenters. The van der Waals surface area contributed by atoms with Crippen molar-refractivity contribution < 1.29 is 33.3 Å². The predicted molar refractivity (Wildman–Crippen MR) is 134 cm³/mol. The number of unbranched alkanes of at least 4 members (excludes halogenated alkanes) is 1. The maximum Gasteiger partial charge on any atom is 0.315 e. The fraction of sp³-hybridized carbons (Fsp3) is 0.870. The van der Waals surface area contributed by atoms with E-state index < -0.39 is 0 Å². The van der Waals surface area contributed by atoms with Gasteiger partial charge in [0.1, 0.15) is 0 Å². The lowest BCUT2D eigenvalue weighted by Crippen LogP contribution is -2.36. The van der Waals surface area contributed by atoms with Crippen molar-refractivity contribution >= 4 is 29.6 Å². The first kappa shape index (κ1) is 29.6. The van der Waals surface area contributed by atoms with E-state index in [1.165, 1.54) is 0 Å². The van der Waals surface area contributed by atoms with Crippen LogP contribution in [0.2, 0.25) is 0 Å². The van der Waals surface area contributed by atoms with Crippen molar-refractivity contribution in [3.05, 3.63) is 0 Å². The predicted octanol–water partition coefficient (Wildman–Crippen LogP) is 0.421. The van der Waals surface area contributed by atoms with Gasteiger partial charge in [-0.1, -0.05) is 6.42 Å². The number of urea groups is 1. The topological polar surface area (TPSA) is 136 Å². The molecule has 2 saturated heterocycles. The molecule has 12 heteroatoms. The third-order valence-corrected chi connectivity index (χ3v) is 7.12. The van der Waals surface area contributed by atoms with E-state index in [0.717, 1.165) is 25.0 Å². The summed E-state index contributed by atoms with van der Waals surface area (Å²) in [4.78, 5) is 34.6. The second-order valence-corrected chi connectivity index (χ2v) is 9.64. The summed E-state index contributed by atoms with van der Waals surface area (Å²) in [5.74, 6) is 1.00. The van der Waals surface area contributed by atoms with Crippen molar-refractivity contribution in [3.63, 3.8) is 0 Å². The lowest BCUT2D eigenvalue weighted by molar-refractivity contribution is -0.122. The standard InChI is InChI=1S/C23H42N4O7S/c1-2-24-21(29)7-9-31-11-13-33-15-16-34-14-12-32-10-8-25-20(28)6-4-3-5-19-22-18(17-35-19)26-23(30)27-22/h18-19,22H,2-17H2,1H3,(H,24,29)(H,25,28)(H2,26,27,30). The first-order valence-corrected chi connectivity index (χ1v) is 13.7. The van der Waals surface area contributed by atoms with Crippen LogP contribution >= 0.6 is 11.8 Å². The van der Waals surface area contributed by atoms with Gasteiger partial charge in [0.15, 0.2) is 0 Å². The third-order valence-electron chi connectivity index (χ3n) is 5.61. The molecular weight excluding hydrogens is 476 g/mol. The van der Waals surface area contributed by atoms with Gasteiger partial charge in [0, 0.05) is 36.9 Å². The van der Waals surface area contributed by atoms with Crippen LogP contribution in [0.1, 0.15) is 39.0 Å². The number of hydrogen-bond donors (Lipinski definition) is 4. The van der Waals surface area contributed by atoms with Gasteiger partial charge in [-0.05, 0) is 19.8 Å². The van der Waals surface area contributed by atoms with Crippen LogP contribution in [0.15, 0.2) is 0 Å². The van der Waals surface area contributed by atoms with E-state index in [1.54, 1.807) is 0 Å². The fourth-order valence-corrected chi connectivity index (χ4v) is 5.38. The van der Waals surface area contributed by atoms with E-state index >= 15 is 0 Å². The normalized spacial score (nSPS) is 20.8. The summed E-state index contributed by atoms with van der Waals surface area (Å²) in [6.07, 6.45) is 3.72. The Bertz CT molecular complexity index is 629. The van der Waals surface area contributed by atoms with Crippen molar-refractivity contribution in [2.75, 3.05) is 71.7 Å². The Morgan fingerprint density at radius 3 is 2.17 bits per heavy atom. The average Bonchev–Trinajstić information content (AvgIpc) is 3.38. The van der Waals surface area contributed by atoms with Crippen LogP contribution in [0.25, 0.3) is 0 Å². The zero-order valence-corrected chi connectivity index (χ0v) is 21.6. The highest BCUT2D eigenvalue weighted by atomic mass is 32.2. The highest BCUT2D eigenvalue weighted by molar-refractivity contribution is 8.00. The molecule has 202 valence electrons. The molecule has 4 N–H and O–H groups in total. The van der Waals surface area contributed by atoms with Gasteiger partial charge in [-0.2, -0.15) is 11.8 Å². The molecule has 2 rings (SSSR count). The van der Waals surface area contributed by atoms with Crippen LogP contribution in [-0.2, 0) is 28.5 Å². The van der Waals surface area contributed by atoms with Crippen LogP contribution in [-0.4, -0.2) is 107 Å². The SMILES string of the molecule is CCNC(=O)CCOCCOCCOCCOCCNC(=O)CCCCC1SCC2NC(=O)NC21. The van der Waals surface area contributed by atoms with E-state index in [-0.39, 0.29) is 29.9 Å². The Labute approximate surface area is 212 Å². The number of fused-ring (bicyclic) bond motifs is 1. The molecule has 0 bridgehead atoms. The molecule has 0 aliphatic carbocycles. The number of nitrogens with one attached hydrogen (secondary N) is 4. The largest absolute Gasteiger partial charge is 0.379 e. The van der Waals surface area contributed by atoms with Crippen LogP contribution in [0.5, 0.6) is 0 Å². The van der Waals surface area contributed by atoms with Crippen molar-refractivity contribution in [3.8, 4) is 0 Å². The van der Waals surface area contributed by atoms with Gasteiger partial charge in [0.05, 0.1) is 64.9 Å². The number of carbonyl (C=O) groups excluding carboxylic acids is 3. The number of hydrogen-bond acceptors (Lipinski definition) is 8. The Kier molecular flexibility index (Phi) is 15.8. The molecule has 0 aromatic heterocycles. The van der Waals surface area contributed by atoms with Crippen molar-refractivity contribution in [2.24, 2.45) is 0 Å². The zero-order valence-electron chi connectivity index (χ0n) is 20.8. The minimum absolute atomic E-state index is 0.00497. The van der Waals surface area contributed by atoms with E-state index in [0.29, 0.717) is 84.0 Å². The Morgan fingerprint density at radius 2 is 1.49 bits per heavy atom. The minimum Gasteiger partial charge on any atom is -0.379 e. The Hall–Kier alpha value is -1.60. The first-order valence-electron chi connectivity index (χ1n) is 12.6. The number of ether oxygens (including phenoxy) is 4. The zero-order chi connectivity index (χ0) is 25.1. The van der Waals surface area contributed by atoms with Crippen LogP contribution in [0.4, 0.5) is 4.79 Å². The molecule has 2 heterocycles. The fourth-order valence-electron chi connectivity index (χ4n) is 3.84. The summed E-state index contributed by atoms with van der Waals surface area (Å²) >= 11 is 1.90. The van der Waals surface area contributed by atoms with Gasteiger partial charge in [-0.3, -0.25) is 9.59 Å². The van der Waals surface area contributed by atoms with Gasteiger partial charge < -0.3 is 40.2 Å². The summed E-state index contributed by atoms with van der Waals surface area (Å²) in [5, 5.41) is 12.0. The minimum atomic E-state index is -0.0586. The number of thioether (sulfide) groups is 1. The van der Waals surface area contributed by atoms with Gasteiger partial charge in [-0.25, -0.2) is 4.79 Å². The highest BCUT2D eigenvalue weighted by Gasteiger charge is 2.42. The van der Waals surface area contributed by atoms with Crippen molar-refractivity contribution in [1.82, 2.24) is 21.3 Å². The first-order chi connectivity index (χ1) is 17.1. The second-order valence-electron chi connectivity index (χ2n) is 8.37. The van der Waals surface area contributed by atoms with E-state index in [9.17, 15) is 14.4 Å². The van der Waals surface area contributed by atoms with Crippen molar-refractivity contribution in [2.45, 2.75) is 56.4 Å². The maximum absolute atomic E-state index is 11.9.